The van der Waals surface area contributed by atoms with Crippen molar-refractivity contribution in [3.63, 3.8) is 0 Å². The second-order valence-electron chi connectivity index (χ2n) is 9.08. The largest absolute Gasteiger partial charge is 0.476 e. The number of Topliss-reactive ketones (excluding diaryl/α,β-unsaturated/α-hetero) is 1. The molecule has 2 aliphatic rings. The first-order valence-electron chi connectivity index (χ1n) is 10.8. The zero-order valence-electron chi connectivity index (χ0n) is 18.4. The van der Waals surface area contributed by atoms with E-state index in [2.05, 4.69) is 15.2 Å². The molecule has 2 aliphatic heterocycles. The lowest BCUT2D eigenvalue weighted by molar-refractivity contribution is -0.135. The molecule has 1 N–H and O–H groups in total. The van der Waals surface area contributed by atoms with E-state index >= 15 is 0 Å². The molecule has 4 rings (SSSR count). The predicted octanol–water partition coefficient (Wildman–Crippen LogP) is 5.06. The fourth-order valence-electron chi connectivity index (χ4n) is 4.65. The van der Waals surface area contributed by atoms with Gasteiger partial charge in [0.2, 0.25) is 0 Å². The second-order valence-corrected chi connectivity index (χ2v) is 9.93. The molecule has 1 aromatic carbocycles. The number of ketones is 1. The minimum Gasteiger partial charge on any atom is -0.476 e. The fraction of sp³-hybridized carbons (Fsp3) is 0.458. The quantitative estimate of drug-likeness (QED) is 0.590. The van der Waals surface area contributed by atoms with Crippen LogP contribution in [0.1, 0.15) is 56.8 Å². The number of carbonyl (C=O) groups excluding carboxylic acids is 2. The summed E-state index contributed by atoms with van der Waals surface area (Å²) in [6.45, 7) is 5.01. The van der Waals surface area contributed by atoms with Crippen LogP contribution >= 0.6 is 23.2 Å². The molecular formula is C24H27Cl2N3O3. The van der Waals surface area contributed by atoms with Crippen molar-refractivity contribution in [2.45, 2.75) is 70.2 Å². The Kier molecular flexibility index (Phi) is 6.37. The third-order valence-electron chi connectivity index (χ3n) is 6.29. The standard InChI is InChI=1S/C24H27Cl2N3O3/c1-14(30)15-4-9-22(27-13-15)29-18-6-7-19(29)12-17(11-18)28-23(31)24(2,3)32-21-8-5-16(25)10-20(21)26/h4-5,8-10,13,17-19H,6-7,11-12H2,1-3H3,(H,28,31)/t17?,18-,19+. The molecule has 2 bridgehead atoms. The van der Waals surface area contributed by atoms with Crippen molar-refractivity contribution in [3.8, 4) is 5.75 Å². The maximum Gasteiger partial charge on any atom is 0.263 e. The SMILES string of the molecule is CC(=O)c1ccc(N2[C@@H]3CC[C@H]2CC(NC(=O)C(C)(C)Oc2ccc(Cl)cc2Cl)C3)nc1. The van der Waals surface area contributed by atoms with E-state index in [4.69, 9.17) is 27.9 Å². The number of nitrogens with zero attached hydrogens (tertiary/aromatic N) is 2. The number of pyridine rings is 1. The Morgan fingerprint density at radius 2 is 1.81 bits per heavy atom. The highest BCUT2D eigenvalue weighted by Gasteiger charge is 2.43. The Labute approximate surface area is 198 Å². The Balaban J connectivity index is 1.40. The van der Waals surface area contributed by atoms with Crippen LogP contribution in [0.25, 0.3) is 0 Å². The summed E-state index contributed by atoms with van der Waals surface area (Å²) in [6, 6.07) is 9.39. The van der Waals surface area contributed by atoms with Crippen molar-refractivity contribution in [2.75, 3.05) is 4.90 Å². The number of rotatable bonds is 6. The van der Waals surface area contributed by atoms with Crippen LogP contribution in [0, 0.1) is 0 Å². The van der Waals surface area contributed by atoms with E-state index < -0.39 is 5.60 Å². The number of hydrogen-bond acceptors (Lipinski definition) is 5. The highest BCUT2D eigenvalue weighted by Crippen LogP contribution is 2.39. The van der Waals surface area contributed by atoms with E-state index in [1.165, 1.54) is 0 Å². The maximum absolute atomic E-state index is 13.0. The molecule has 0 radical (unpaired) electrons. The summed E-state index contributed by atoms with van der Waals surface area (Å²) in [5.74, 6) is 1.16. The summed E-state index contributed by atoms with van der Waals surface area (Å²) in [5.41, 5.74) is -0.469. The van der Waals surface area contributed by atoms with Crippen LogP contribution < -0.4 is 15.0 Å². The molecule has 1 amide bonds. The van der Waals surface area contributed by atoms with Gasteiger partial charge < -0.3 is 15.0 Å². The highest BCUT2D eigenvalue weighted by atomic mass is 35.5. The van der Waals surface area contributed by atoms with Crippen molar-refractivity contribution in [1.29, 1.82) is 0 Å². The predicted molar refractivity (Wildman–Crippen MR) is 126 cm³/mol. The van der Waals surface area contributed by atoms with Gasteiger partial charge in [-0.05, 0) is 76.8 Å². The summed E-state index contributed by atoms with van der Waals surface area (Å²) < 4.78 is 5.93. The van der Waals surface area contributed by atoms with Crippen molar-refractivity contribution < 1.29 is 14.3 Å². The molecule has 2 saturated heterocycles. The number of fused-ring (bicyclic) bond motifs is 2. The van der Waals surface area contributed by atoms with E-state index in [1.807, 2.05) is 12.1 Å². The Bertz CT molecular complexity index is 1010. The van der Waals surface area contributed by atoms with E-state index in [0.717, 1.165) is 31.5 Å². The molecule has 32 heavy (non-hydrogen) atoms. The van der Waals surface area contributed by atoms with Crippen LogP contribution in [0.4, 0.5) is 5.82 Å². The second kappa shape index (κ2) is 8.91. The van der Waals surface area contributed by atoms with E-state index in [0.29, 0.717) is 33.4 Å². The van der Waals surface area contributed by atoms with Crippen molar-refractivity contribution in [1.82, 2.24) is 10.3 Å². The van der Waals surface area contributed by atoms with Gasteiger partial charge in [-0.1, -0.05) is 23.2 Å². The van der Waals surface area contributed by atoms with Crippen LogP contribution in [0.3, 0.4) is 0 Å². The summed E-state index contributed by atoms with van der Waals surface area (Å²) in [4.78, 5) is 31.4. The monoisotopic (exact) mass is 475 g/mol. The third-order valence-corrected chi connectivity index (χ3v) is 6.82. The summed E-state index contributed by atoms with van der Waals surface area (Å²) >= 11 is 12.2. The van der Waals surface area contributed by atoms with Gasteiger partial charge >= 0.3 is 0 Å². The van der Waals surface area contributed by atoms with Gasteiger partial charge in [0.25, 0.3) is 5.91 Å². The minimum atomic E-state index is -1.09. The smallest absolute Gasteiger partial charge is 0.263 e. The molecule has 0 saturated carbocycles. The van der Waals surface area contributed by atoms with E-state index in [1.54, 1.807) is 45.2 Å². The molecule has 8 heteroatoms. The highest BCUT2D eigenvalue weighted by molar-refractivity contribution is 6.35. The lowest BCUT2D eigenvalue weighted by atomic mass is 9.96. The lowest BCUT2D eigenvalue weighted by Gasteiger charge is -2.40. The average Bonchev–Trinajstić information content (AvgIpc) is 3.00. The van der Waals surface area contributed by atoms with Gasteiger partial charge in [-0.15, -0.1) is 0 Å². The molecule has 3 heterocycles. The first kappa shape index (κ1) is 22.9. The zero-order chi connectivity index (χ0) is 23.0. The minimum absolute atomic E-state index is 0.0122. The average molecular weight is 476 g/mol. The fourth-order valence-corrected chi connectivity index (χ4v) is 5.10. The van der Waals surface area contributed by atoms with Crippen LogP contribution in [0.5, 0.6) is 5.75 Å². The van der Waals surface area contributed by atoms with Crippen molar-refractivity contribution in [2.24, 2.45) is 0 Å². The molecule has 3 atom stereocenters. The van der Waals surface area contributed by atoms with E-state index in [9.17, 15) is 9.59 Å². The Morgan fingerprint density at radius 1 is 1.12 bits per heavy atom. The van der Waals surface area contributed by atoms with Gasteiger partial charge in [-0.25, -0.2) is 4.98 Å². The van der Waals surface area contributed by atoms with Gasteiger partial charge in [0.1, 0.15) is 11.6 Å². The number of ether oxygens (including phenoxy) is 1. The molecule has 0 aliphatic carbocycles. The number of aromatic nitrogens is 1. The molecule has 170 valence electrons. The van der Waals surface area contributed by atoms with Crippen LogP contribution in [-0.2, 0) is 4.79 Å². The van der Waals surface area contributed by atoms with Crippen LogP contribution in [0.2, 0.25) is 10.0 Å². The first-order valence-corrected chi connectivity index (χ1v) is 11.6. The van der Waals surface area contributed by atoms with Gasteiger partial charge in [0.05, 0.1) is 5.02 Å². The molecule has 1 unspecified atom stereocenters. The molecule has 1 aromatic heterocycles. The normalized spacial score (nSPS) is 22.5. The van der Waals surface area contributed by atoms with Gasteiger partial charge in [0, 0.05) is 34.9 Å². The third kappa shape index (κ3) is 4.71. The maximum atomic E-state index is 13.0. The van der Waals surface area contributed by atoms with Crippen molar-refractivity contribution in [3.05, 3.63) is 52.1 Å². The summed E-state index contributed by atoms with van der Waals surface area (Å²) in [6.07, 6.45) is 5.46. The number of piperidine rings is 1. The van der Waals surface area contributed by atoms with Gasteiger partial charge in [-0.2, -0.15) is 0 Å². The topological polar surface area (TPSA) is 71.5 Å². The van der Waals surface area contributed by atoms with Crippen LogP contribution in [-0.4, -0.2) is 40.4 Å². The number of amides is 1. The Hall–Kier alpha value is -2.31. The molecule has 2 aromatic rings. The molecule has 2 fully saturated rings. The Morgan fingerprint density at radius 3 is 2.38 bits per heavy atom. The summed E-state index contributed by atoms with van der Waals surface area (Å²) in [7, 11) is 0. The van der Waals surface area contributed by atoms with E-state index in [-0.39, 0.29) is 17.7 Å². The molecular weight excluding hydrogens is 449 g/mol. The van der Waals surface area contributed by atoms with Crippen molar-refractivity contribution >= 4 is 40.7 Å². The number of anilines is 1. The number of benzene rings is 1. The van der Waals surface area contributed by atoms with Gasteiger partial charge in [0.15, 0.2) is 11.4 Å². The number of hydrogen-bond donors (Lipinski definition) is 1. The summed E-state index contributed by atoms with van der Waals surface area (Å²) in [5, 5.41) is 4.06. The van der Waals surface area contributed by atoms with Gasteiger partial charge in [-0.3, -0.25) is 9.59 Å². The molecule has 0 spiro atoms. The van der Waals surface area contributed by atoms with Crippen LogP contribution in [0.15, 0.2) is 36.5 Å². The zero-order valence-corrected chi connectivity index (χ0v) is 19.9. The number of carbonyl (C=O) groups is 2. The number of halogens is 2. The lowest BCUT2D eigenvalue weighted by Crippen LogP contribution is -2.55. The molecule has 6 nitrogen and oxygen atoms in total. The number of nitrogens with one attached hydrogen (secondary N) is 1. The first-order chi connectivity index (χ1) is 15.1.